The second kappa shape index (κ2) is 4.84. The molecular weight excluding hydrogens is 288 g/mol. The average Bonchev–Trinajstić information content (AvgIpc) is 2.99. The monoisotopic (exact) mass is 318 g/mol. The van der Waals surface area contributed by atoms with Crippen LogP contribution < -0.4 is 0 Å². The maximum Gasteiger partial charge on any atom is 0.333 e. The maximum absolute atomic E-state index is 11.3. The Morgan fingerprint density at radius 1 is 1.30 bits per heavy atom. The molecule has 3 aliphatic carbocycles. The minimum Gasteiger partial charge on any atom is -0.429 e. The molecule has 1 spiro atoms. The number of carbonyl (C=O) groups is 1. The Labute approximate surface area is 139 Å². The largest absolute Gasteiger partial charge is 0.429 e. The molecule has 128 valence electrons. The van der Waals surface area contributed by atoms with Crippen molar-refractivity contribution in [1.29, 1.82) is 0 Å². The predicted octanol–water partition coefficient (Wildman–Crippen LogP) is 4.20. The Balaban J connectivity index is 1.55. The Bertz CT molecular complexity index is 567. The zero-order valence-corrected chi connectivity index (χ0v) is 14.7. The third-order valence-electron chi connectivity index (χ3n) is 8.42. The molecule has 3 nitrogen and oxygen atoms in total. The number of hydrogen-bond donors (Lipinski definition) is 1. The van der Waals surface area contributed by atoms with Crippen molar-refractivity contribution in [3.63, 3.8) is 0 Å². The molecule has 3 heteroatoms. The molecule has 0 radical (unpaired) electrons. The van der Waals surface area contributed by atoms with E-state index in [0.29, 0.717) is 16.2 Å². The molecule has 1 N–H and O–H groups in total. The van der Waals surface area contributed by atoms with Crippen molar-refractivity contribution in [1.82, 2.24) is 0 Å². The van der Waals surface area contributed by atoms with Gasteiger partial charge in [0.1, 0.15) is 0 Å². The van der Waals surface area contributed by atoms with Gasteiger partial charge in [0.25, 0.3) is 0 Å². The lowest BCUT2D eigenvalue weighted by Gasteiger charge is -2.55. The summed E-state index contributed by atoms with van der Waals surface area (Å²) in [6.07, 6.45) is 10.7. The predicted molar refractivity (Wildman–Crippen MR) is 88.4 cm³/mol. The Morgan fingerprint density at radius 3 is 2.78 bits per heavy atom. The summed E-state index contributed by atoms with van der Waals surface area (Å²) < 4.78 is 4.85. The van der Waals surface area contributed by atoms with Gasteiger partial charge in [-0.1, -0.05) is 27.2 Å². The summed E-state index contributed by atoms with van der Waals surface area (Å²) in [6.45, 7) is 7.42. The molecule has 0 aromatic heterocycles. The molecule has 0 unspecified atom stereocenters. The van der Waals surface area contributed by atoms with Gasteiger partial charge < -0.3 is 9.84 Å². The van der Waals surface area contributed by atoms with E-state index in [-0.39, 0.29) is 0 Å². The lowest BCUT2D eigenvalue weighted by atomic mass is 9.50. The number of carbonyl (C=O) groups excluding carboxylic acids is 1. The van der Waals surface area contributed by atoms with E-state index in [4.69, 9.17) is 4.74 Å². The van der Waals surface area contributed by atoms with Crippen molar-refractivity contribution in [2.75, 3.05) is 0 Å². The molecule has 23 heavy (non-hydrogen) atoms. The van der Waals surface area contributed by atoms with Gasteiger partial charge in [-0.25, -0.2) is 4.79 Å². The van der Waals surface area contributed by atoms with E-state index in [1.54, 1.807) is 0 Å². The van der Waals surface area contributed by atoms with Gasteiger partial charge in [-0.15, -0.1) is 0 Å². The zero-order valence-electron chi connectivity index (χ0n) is 14.7. The second-order valence-electron chi connectivity index (χ2n) is 9.29. The number of cyclic esters (lactones) is 1. The van der Waals surface area contributed by atoms with Crippen LogP contribution >= 0.6 is 0 Å². The molecule has 0 bridgehead atoms. The van der Waals surface area contributed by atoms with Gasteiger partial charge in [-0.2, -0.15) is 0 Å². The van der Waals surface area contributed by atoms with Gasteiger partial charge in [0.2, 0.25) is 6.29 Å². The summed E-state index contributed by atoms with van der Waals surface area (Å²) >= 11 is 0. The lowest BCUT2D eigenvalue weighted by molar-refractivity contribution is -0.151. The van der Waals surface area contributed by atoms with E-state index in [2.05, 4.69) is 20.8 Å². The first-order valence-corrected chi connectivity index (χ1v) is 9.40. The number of hydrogen-bond acceptors (Lipinski definition) is 3. The van der Waals surface area contributed by atoms with E-state index in [1.807, 2.05) is 0 Å². The molecule has 0 amide bonds. The Kier molecular flexibility index (Phi) is 3.30. The molecule has 0 saturated heterocycles. The van der Waals surface area contributed by atoms with Crippen molar-refractivity contribution in [3.8, 4) is 0 Å². The fourth-order valence-corrected chi connectivity index (χ4v) is 6.65. The van der Waals surface area contributed by atoms with Gasteiger partial charge in [0.05, 0.1) is 0 Å². The van der Waals surface area contributed by atoms with Crippen LogP contribution in [0.5, 0.6) is 0 Å². The van der Waals surface area contributed by atoms with E-state index >= 15 is 0 Å². The number of aliphatic hydroxyl groups excluding tert-OH is 1. The van der Waals surface area contributed by atoms with Crippen LogP contribution in [0.15, 0.2) is 11.6 Å². The molecule has 6 atom stereocenters. The lowest BCUT2D eigenvalue weighted by Crippen LogP contribution is -2.47. The van der Waals surface area contributed by atoms with Gasteiger partial charge >= 0.3 is 5.97 Å². The topological polar surface area (TPSA) is 46.5 Å². The van der Waals surface area contributed by atoms with Crippen LogP contribution in [0.2, 0.25) is 0 Å². The minimum absolute atomic E-state index is 0.322. The summed E-state index contributed by atoms with van der Waals surface area (Å²) in [5, 5.41) is 9.86. The minimum atomic E-state index is -1.00. The van der Waals surface area contributed by atoms with Crippen molar-refractivity contribution < 1.29 is 14.6 Å². The molecular formula is C20H30O3. The first kappa shape index (κ1) is 15.7. The summed E-state index contributed by atoms with van der Waals surface area (Å²) in [5.74, 6) is 1.14. The molecule has 3 saturated carbocycles. The van der Waals surface area contributed by atoms with Gasteiger partial charge in [-0.05, 0) is 73.0 Å². The average molecular weight is 318 g/mol. The fraction of sp³-hybridized carbons (Fsp3) is 0.850. The first-order valence-electron chi connectivity index (χ1n) is 9.40. The van der Waals surface area contributed by atoms with Crippen LogP contribution in [0.3, 0.4) is 0 Å². The van der Waals surface area contributed by atoms with Crippen molar-refractivity contribution in [2.24, 2.45) is 28.1 Å². The normalized spacial score (nSPS) is 51.6. The summed E-state index contributed by atoms with van der Waals surface area (Å²) in [4.78, 5) is 11.3. The van der Waals surface area contributed by atoms with E-state index in [9.17, 15) is 9.90 Å². The number of esters is 1. The van der Waals surface area contributed by atoms with Crippen molar-refractivity contribution in [2.45, 2.75) is 78.4 Å². The smallest absolute Gasteiger partial charge is 0.333 e. The zero-order chi connectivity index (χ0) is 16.5. The van der Waals surface area contributed by atoms with Gasteiger partial charge in [-0.3, -0.25) is 0 Å². The van der Waals surface area contributed by atoms with E-state index in [1.165, 1.54) is 44.6 Å². The first-order chi connectivity index (χ1) is 10.8. The van der Waals surface area contributed by atoms with Crippen molar-refractivity contribution in [3.05, 3.63) is 11.6 Å². The van der Waals surface area contributed by atoms with Crippen LogP contribution in [-0.2, 0) is 9.53 Å². The molecule has 3 fully saturated rings. The summed E-state index contributed by atoms with van der Waals surface area (Å²) in [5.41, 5.74) is 2.30. The van der Waals surface area contributed by atoms with Gasteiger partial charge in [0.15, 0.2) is 0 Å². The quantitative estimate of drug-likeness (QED) is 0.793. The number of rotatable bonds is 3. The highest BCUT2D eigenvalue weighted by Gasteiger charge is 2.72. The van der Waals surface area contributed by atoms with Crippen LogP contribution in [0, 0.1) is 28.1 Å². The number of aliphatic hydroxyl groups is 1. The molecule has 0 aromatic rings. The highest BCUT2D eigenvalue weighted by atomic mass is 16.6. The molecule has 1 aliphatic heterocycles. The van der Waals surface area contributed by atoms with Crippen LogP contribution in [0.25, 0.3) is 0 Å². The Morgan fingerprint density at radius 2 is 2.09 bits per heavy atom. The summed E-state index contributed by atoms with van der Waals surface area (Å²) in [7, 11) is 0. The summed E-state index contributed by atoms with van der Waals surface area (Å²) in [6, 6.07) is 0. The second-order valence-corrected chi connectivity index (χ2v) is 9.29. The van der Waals surface area contributed by atoms with Crippen LogP contribution in [0.1, 0.15) is 72.1 Å². The van der Waals surface area contributed by atoms with Gasteiger partial charge in [0, 0.05) is 11.6 Å². The van der Waals surface area contributed by atoms with E-state index in [0.717, 1.165) is 30.3 Å². The SMILES string of the molecule is C[C@@H]1CC[C@]23C[C@@]2(C)CCC[C@H]3[C@]1(C)CCC1=CC(=O)O[C@@H]1O. The van der Waals surface area contributed by atoms with Crippen LogP contribution in [0.4, 0.5) is 0 Å². The molecule has 0 aromatic carbocycles. The third-order valence-corrected chi connectivity index (χ3v) is 8.42. The van der Waals surface area contributed by atoms with Crippen molar-refractivity contribution >= 4 is 5.97 Å². The van der Waals surface area contributed by atoms with Crippen LogP contribution in [-0.4, -0.2) is 17.4 Å². The highest BCUT2D eigenvalue weighted by Crippen LogP contribution is 2.80. The molecule has 4 rings (SSSR count). The standard InChI is InChI=1S/C20H30O3/c1-13-6-10-20-12-18(20,2)8-4-5-15(20)19(13,3)9-7-14-11-16(21)23-17(14)22/h11,13,15,17,22H,4-10,12H2,1-3H3/t13-,15+,17+,18-,19-,20-/m1/s1. The molecule has 1 heterocycles. The Hall–Kier alpha value is -0.830. The number of ether oxygens (including phenoxy) is 1. The molecule has 4 aliphatic rings. The fourth-order valence-electron chi connectivity index (χ4n) is 6.65. The maximum atomic E-state index is 11.3. The highest BCUT2D eigenvalue weighted by molar-refractivity contribution is 5.85. The third kappa shape index (κ3) is 2.08. The van der Waals surface area contributed by atoms with E-state index < -0.39 is 12.3 Å².